The number of pyridine rings is 1. The van der Waals surface area contributed by atoms with Gasteiger partial charge in [0.25, 0.3) is 0 Å². The van der Waals surface area contributed by atoms with E-state index in [1.165, 1.54) is 5.56 Å². The van der Waals surface area contributed by atoms with E-state index < -0.39 is 0 Å². The first-order valence-corrected chi connectivity index (χ1v) is 8.46. The van der Waals surface area contributed by atoms with Gasteiger partial charge in [-0.2, -0.15) is 0 Å². The van der Waals surface area contributed by atoms with Crippen LogP contribution in [0.15, 0.2) is 53.6 Å². The van der Waals surface area contributed by atoms with E-state index in [4.69, 9.17) is 0 Å². The number of amides is 1. The smallest absolute Gasteiger partial charge is 0.230 e. The Labute approximate surface area is 139 Å². The van der Waals surface area contributed by atoms with E-state index in [1.54, 1.807) is 11.8 Å². The Bertz CT molecular complexity index is 815. The molecule has 0 aliphatic rings. The molecule has 1 aromatic carbocycles. The van der Waals surface area contributed by atoms with Crippen LogP contribution in [0.25, 0.3) is 5.65 Å². The molecule has 1 amide bonds. The molecule has 118 valence electrons. The lowest BCUT2D eigenvalue weighted by Gasteiger charge is -2.06. The Hall–Kier alpha value is -2.34. The number of nitrogens with one attached hydrogen (secondary N) is 1. The van der Waals surface area contributed by atoms with Crippen LogP contribution in [0, 0.1) is 6.92 Å². The Balaban J connectivity index is 1.47. The van der Waals surface area contributed by atoms with E-state index in [9.17, 15) is 4.79 Å². The summed E-state index contributed by atoms with van der Waals surface area (Å²) in [6.07, 6.45) is 2.59. The number of fused-ring (bicyclic) bond motifs is 1. The van der Waals surface area contributed by atoms with Gasteiger partial charge in [0.15, 0.2) is 5.65 Å². The van der Waals surface area contributed by atoms with Gasteiger partial charge in [0.05, 0.1) is 5.75 Å². The number of thioether (sulfide) groups is 1. The number of rotatable bonds is 6. The van der Waals surface area contributed by atoms with Crippen LogP contribution in [0.4, 0.5) is 0 Å². The second kappa shape index (κ2) is 7.28. The third-order valence-electron chi connectivity index (χ3n) is 3.51. The fourth-order valence-electron chi connectivity index (χ4n) is 2.29. The first kappa shape index (κ1) is 15.6. The number of aryl methyl sites for hydroxylation is 1. The van der Waals surface area contributed by atoms with Crippen LogP contribution in [0.1, 0.15) is 11.4 Å². The van der Waals surface area contributed by atoms with Crippen LogP contribution in [0.2, 0.25) is 0 Å². The van der Waals surface area contributed by atoms with Crippen molar-refractivity contribution >= 4 is 23.3 Å². The number of nitrogens with zero attached hydrogens (tertiary/aromatic N) is 3. The predicted molar refractivity (Wildman–Crippen MR) is 91.6 cm³/mol. The summed E-state index contributed by atoms with van der Waals surface area (Å²) in [6, 6.07) is 13.9. The summed E-state index contributed by atoms with van der Waals surface area (Å²) < 4.78 is 1.94. The second-order valence-corrected chi connectivity index (χ2v) is 6.22. The zero-order valence-corrected chi connectivity index (χ0v) is 13.7. The highest BCUT2D eigenvalue weighted by atomic mass is 32.2. The average Bonchev–Trinajstić information content (AvgIpc) is 2.98. The molecular formula is C17H18N4OS. The van der Waals surface area contributed by atoms with Crippen LogP contribution in [-0.2, 0) is 11.2 Å². The van der Waals surface area contributed by atoms with Gasteiger partial charge < -0.3 is 5.32 Å². The normalized spacial score (nSPS) is 10.8. The van der Waals surface area contributed by atoms with E-state index in [-0.39, 0.29) is 5.91 Å². The molecule has 3 rings (SSSR count). The SMILES string of the molecule is Cc1ccccc1SCC(=O)NCCc1nnc2ccccn12. The first-order valence-electron chi connectivity index (χ1n) is 7.48. The maximum Gasteiger partial charge on any atom is 0.230 e. The minimum absolute atomic E-state index is 0.0343. The standard InChI is InChI=1S/C17H18N4OS/c1-13-6-2-3-7-14(13)23-12-17(22)18-10-9-16-20-19-15-8-4-5-11-21(15)16/h2-8,11H,9-10,12H2,1H3,(H,18,22). The number of carbonyl (C=O) groups is 1. The van der Waals surface area contributed by atoms with Gasteiger partial charge in [-0.3, -0.25) is 9.20 Å². The minimum atomic E-state index is 0.0343. The topological polar surface area (TPSA) is 59.3 Å². The molecule has 5 nitrogen and oxygen atoms in total. The summed E-state index contributed by atoms with van der Waals surface area (Å²) >= 11 is 1.56. The van der Waals surface area contributed by atoms with Crippen LogP contribution in [-0.4, -0.2) is 32.8 Å². The van der Waals surface area contributed by atoms with E-state index in [1.807, 2.05) is 47.0 Å². The molecule has 0 atom stereocenters. The van der Waals surface area contributed by atoms with Crippen LogP contribution in [0.3, 0.4) is 0 Å². The monoisotopic (exact) mass is 326 g/mol. The van der Waals surface area contributed by atoms with Crippen molar-refractivity contribution in [2.75, 3.05) is 12.3 Å². The molecular weight excluding hydrogens is 308 g/mol. The van der Waals surface area contributed by atoms with Gasteiger partial charge in [0.2, 0.25) is 5.91 Å². The largest absolute Gasteiger partial charge is 0.355 e. The highest BCUT2D eigenvalue weighted by Gasteiger charge is 2.07. The summed E-state index contributed by atoms with van der Waals surface area (Å²) in [7, 11) is 0. The van der Waals surface area contributed by atoms with Gasteiger partial charge in [-0.15, -0.1) is 22.0 Å². The lowest BCUT2D eigenvalue weighted by molar-refractivity contribution is -0.118. The highest BCUT2D eigenvalue weighted by molar-refractivity contribution is 8.00. The summed E-state index contributed by atoms with van der Waals surface area (Å²) in [6.45, 7) is 2.61. The molecule has 0 unspecified atom stereocenters. The van der Waals surface area contributed by atoms with Crippen molar-refractivity contribution in [3.63, 3.8) is 0 Å². The van der Waals surface area contributed by atoms with Crippen LogP contribution in [0.5, 0.6) is 0 Å². The number of hydrogen-bond donors (Lipinski definition) is 1. The fraction of sp³-hybridized carbons (Fsp3) is 0.235. The van der Waals surface area contributed by atoms with Crippen molar-refractivity contribution in [1.29, 1.82) is 0 Å². The molecule has 0 aliphatic carbocycles. The quantitative estimate of drug-likeness (QED) is 0.707. The zero-order valence-electron chi connectivity index (χ0n) is 12.9. The lowest BCUT2D eigenvalue weighted by atomic mass is 10.2. The Morgan fingerprint density at radius 1 is 1.17 bits per heavy atom. The molecule has 0 radical (unpaired) electrons. The number of carbonyl (C=O) groups excluding carboxylic acids is 1. The molecule has 0 bridgehead atoms. The minimum Gasteiger partial charge on any atom is -0.355 e. The number of benzene rings is 1. The molecule has 0 saturated carbocycles. The summed E-state index contributed by atoms with van der Waals surface area (Å²) in [4.78, 5) is 13.1. The first-order chi connectivity index (χ1) is 11.2. The highest BCUT2D eigenvalue weighted by Crippen LogP contribution is 2.21. The molecule has 3 aromatic rings. The van der Waals surface area contributed by atoms with Gasteiger partial charge >= 0.3 is 0 Å². The van der Waals surface area contributed by atoms with E-state index in [0.717, 1.165) is 16.4 Å². The molecule has 2 heterocycles. The predicted octanol–water partition coefficient (Wildman–Crippen LogP) is 2.49. The maximum atomic E-state index is 11.9. The average molecular weight is 326 g/mol. The Morgan fingerprint density at radius 3 is 2.87 bits per heavy atom. The van der Waals surface area contributed by atoms with Crippen molar-refractivity contribution in [3.05, 3.63) is 60.0 Å². The second-order valence-electron chi connectivity index (χ2n) is 5.20. The van der Waals surface area contributed by atoms with Gasteiger partial charge in [-0.1, -0.05) is 24.3 Å². The van der Waals surface area contributed by atoms with Crippen molar-refractivity contribution in [3.8, 4) is 0 Å². The molecule has 2 aromatic heterocycles. The number of aromatic nitrogens is 3. The number of hydrogen-bond acceptors (Lipinski definition) is 4. The zero-order chi connectivity index (χ0) is 16.1. The third kappa shape index (κ3) is 3.90. The molecule has 0 saturated heterocycles. The maximum absolute atomic E-state index is 11.9. The molecule has 6 heteroatoms. The third-order valence-corrected chi connectivity index (χ3v) is 4.68. The van der Waals surface area contributed by atoms with Gasteiger partial charge in [-0.25, -0.2) is 0 Å². The lowest BCUT2D eigenvalue weighted by Crippen LogP contribution is -2.27. The van der Waals surface area contributed by atoms with Crippen LogP contribution >= 0.6 is 11.8 Å². The summed E-state index contributed by atoms with van der Waals surface area (Å²) in [5, 5.41) is 11.2. The Morgan fingerprint density at radius 2 is 2.00 bits per heavy atom. The molecule has 0 aliphatic heterocycles. The fourth-order valence-corrected chi connectivity index (χ4v) is 3.15. The van der Waals surface area contributed by atoms with E-state index >= 15 is 0 Å². The van der Waals surface area contributed by atoms with E-state index in [0.29, 0.717) is 18.7 Å². The van der Waals surface area contributed by atoms with Gasteiger partial charge in [-0.05, 0) is 30.7 Å². The molecule has 0 fully saturated rings. The van der Waals surface area contributed by atoms with Gasteiger partial charge in [0, 0.05) is 24.1 Å². The van der Waals surface area contributed by atoms with E-state index in [2.05, 4.69) is 28.5 Å². The van der Waals surface area contributed by atoms with Crippen LogP contribution < -0.4 is 5.32 Å². The Kier molecular flexibility index (Phi) is 4.92. The van der Waals surface area contributed by atoms with Gasteiger partial charge in [0.1, 0.15) is 5.82 Å². The summed E-state index contributed by atoms with van der Waals surface area (Å²) in [5.74, 6) is 1.31. The van der Waals surface area contributed by atoms with Crippen molar-refractivity contribution in [1.82, 2.24) is 19.9 Å². The molecule has 1 N–H and O–H groups in total. The molecule has 23 heavy (non-hydrogen) atoms. The van der Waals surface area contributed by atoms with Crippen molar-refractivity contribution < 1.29 is 4.79 Å². The van der Waals surface area contributed by atoms with Crippen molar-refractivity contribution in [2.45, 2.75) is 18.2 Å². The van der Waals surface area contributed by atoms with Crippen molar-refractivity contribution in [2.24, 2.45) is 0 Å². The summed E-state index contributed by atoms with van der Waals surface area (Å²) in [5.41, 5.74) is 2.02. The molecule has 0 spiro atoms.